The zero-order valence-electron chi connectivity index (χ0n) is 17.8. The number of ether oxygens (including phenoxy) is 1. The SMILES string of the molecule is CCCCCCCCCCCCc1c(Oc2ccccc2)ccc(S(=O)(=O)O)c1O. The van der Waals surface area contributed by atoms with E-state index in [0.717, 1.165) is 19.3 Å². The van der Waals surface area contributed by atoms with Crippen molar-refractivity contribution in [2.24, 2.45) is 0 Å². The second-order valence-electron chi connectivity index (χ2n) is 7.71. The summed E-state index contributed by atoms with van der Waals surface area (Å²) in [5.41, 5.74) is 0.411. The molecule has 0 amide bonds. The molecule has 166 valence electrons. The molecular weight excluding hydrogens is 400 g/mol. The average Bonchev–Trinajstić information content (AvgIpc) is 2.71. The summed E-state index contributed by atoms with van der Waals surface area (Å²) < 4.78 is 38.4. The molecule has 2 rings (SSSR count). The predicted molar refractivity (Wildman–Crippen MR) is 120 cm³/mol. The average molecular weight is 435 g/mol. The van der Waals surface area contributed by atoms with Crippen LogP contribution < -0.4 is 4.74 Å². The number of hydrogen-bond donors (Lipinski definition) is 2. The Morgan fingerprint density at radius 3 is 1.93 bits per heavy atom. The first-order chi connectivity index (χ1) is 14.4. The van der Waals surface area contributed by atoms with Crippen molar-refractivity contribution in [1.82, 2.24) is 0 Å². The Balaban J connectivity index is 1.95. The van der Waals surface area contributed by atoms with Crippen LogP contribution in [-0.2, 0) is 16.5 Å². The second-order valence-corrected chi connectivity index (χ2v) is 9.10. The summed E-state index contributed by atoms with van der Waals surface area (Å²) >= 11 is 0. The lowest BCUT2D eigenvalue weighted by Crippen LogP contribution is -2.02. The highest BCUT2D eigenvalue weighted by Crippen LogP contribution is 2.37. The highest BCUT2D eigenvalue weighted by molar-refractivity contribution is 7.86. The van der Waals surface area contributed by atoms with Gasteiger partial charge in [0.1, 0.15) is 22.1 Å². The topological polar surface area (TPSA) is 83.8 Å². The van der Waals surface area contributed by atoms with Crippen molar-refractivity contribution in [3.63, 3.8) is 0 Å². The van der Waals surface area contributed by atoms with Gasteiger partial charge >= 0.3 is 0 Å². The quantitative estimate of drug-likeness (QED) is 0.250. The van der Waals surface area contributed by atoms with Gasteiger partial charge in [0.2, 0.25) is 0 Å². The Labute approximate surface area is 180 Å². The van der Waals surface area contributed by atoms with Gasteiger partial charge in [-0.15, -0.1) is 0 Å². The highest BCUT2D eigenvalue weighted by atomic mass is 32.2. The monoisotopic (exact) mass is 434 g/mol. The molecule has 0 spiro atoms. The summed E-state index contributed by atoms with van der Waals surface area (Å²) in [6.07, 6.45) is 12.3. The van der Waals surface area contributed by atoms with Crippen LogP contribution in [0.3, 0.4) is 0 Å². The standard InChI is InChI=1S/C24H34O5S/c1-2-3-4-5-6-7-8-9-10-14-17-21-22(29-20-15-12-11-13-16-20)18-19-23(24(21)25)30(26,27)28/h11-13,15-16,18-19,25H,2-10,14,17H2,1H3,(H,26,27,28). The van der Waals surface area contributed by atoms with Crippen LogP contribution in [0.5, 0.6) is 17.2 Å². The first kappa shape index (κ1) is 24.2. The molecule has 0 aromatic heterocycles. The van der Waals surface area contributed by atoms with Gasteiger partial charge in [-0.05, 0) is 37.1 Å². The van der Waals surface area contributed by atoms with Crippen LogP contribution in [0.2, 0.25) is 0 Å². The second kappa shape index (κ2) is 12.6. The fraction of sp³-hybridized carbons (Fsp3) is 0.500. The van der Waals surface area contributed by atoms with Crippen molar-refractivity contribution in [3.05, 3.63) is 48.0 Å². The molecule has 0 atom stereocenters. The Morgan fingerprint density at radius 2 is 1.37 bits per heavy atom. The Kier molecular flexibility index (Phi) is 10.2. The summed E-state index contributed by atoms with van der Waals surface area (Å²) in [7, 11) is -4.50. The van der Waals surface area contributed by atoms with E-state index >= 15 is 0 Å². The molecule has 0 aliphatic heterocycles. The number of aromatic hydroxyl groups is 1. The van der Waals surface area contributed by atoms with E-state index in [1.807, 2.05) is 18.2 Å². The van der Waals surface area contributed by atoms with E-state index in [0.29, 0.717) is 23.5 Å². The zero-order valence-corrected chi connectivity index (χ0v) is 18.7. The molecule has 2 aromatic rings. The van der Waals surface area contributed by atoms with Crippen LogP contribution in [0.15, 0.2) is 47.4 Å². The maximum absolute atomic E-state index is 11.6. The van der Waals surface area contributed by atoms with Crippen LogP contribution in [0, 0.1) is 0 Å². The van der Waals surface area contributed by atoms with Crippen molar-refractivity contribution >= 4 is 10.1 Å². The van der Waals surface area contributed by atoms with Gasteiger partial charge < -0.3 is 9.84 Å². The van der Waals surface area contributed by atoms with Crippen molar-refractivity contribution in [2.75, 3.05) is 0 Å². The van der Waals surface area contributed by atoms with E-state index in [1.54, 1.807) is 12.1 Å². The number of unbranched alkanes of at least 4 members (excludes halogenated alkanes) is 9. The minimum Gasteiger partial charge on any atom is -0.506 e. The summed E-state index contributed by atoms with van der Waals surface area (Å²) in [5.74, 6) is 0.574. The van der Waals surface area contributed by atoms with Gasteiger partial charge in [0.05, 0.1) is 0 Å². The number of phenolic OH excluding ortho intramolecular Hbond substituents is 1. The fourth-order valence-corrected chi connectivity index (χ4v) is 4.15. The van der Waals surface area contributed by atoms with E-state index in [2.05, 4.69) is 6.92 Å². The van der Waals surface area contributed by atoms with Gasteiger partial charge in [-0.25, -0.2) is 0 Å². The number of hydrogen-bond acceptors (Lipinski definition) is 4. The lowest BCUT2D eigenvalue weighted by Gasteiger charge is -2.15. The van der Waals surface area contributed by atoms with Gasteiger partial charge in [0.15, 0.2) is 0 Å². The van der Waals surface area contributed by atoms with Crippen molar-refractivity contribution in [3.8, 4) is 17.2 Å². The third-order valence-electron chi connectivity index (χ3n) is 5.23. The Hall–Kier alpha value is -2.05. The largest absolute Gasteiger partial charge is 0.506 e. The molecule has 0 heterocycles. The molecule has 0 unspecified atom stereocenters. The molecule has 30 heavy (non-hydrogen) atoms. The summed E-state index contributed by atoms with van der Waals surface area (Å²) in [6, 6.07) is 11.8. The smallest absolute Gasteiger partial charge is 0.298 e. The van der Waals surface area contributed by atoms with E-state index in [-0.39, 0.29) is 0 Å². The molecule has 0 aliphatic rings. The molecule has 0 fully saturated rings. The molecule has 6 heteroatoms. The lowest BCUT2D eigenvalue weighted by atomic mass is 10.0. The number of benzene rings is 2. The zero-order chi connectivity index (χ0) is 21.8. The van der Waals surface area contributed by atoms with Crippen LogP contribution >= 0.6 is 0 Å². The fourth-order valence-electron chi connectivity index (χ4n) is 3.55. The minimum absolute atomic E-state index is 0.405. The molecule has 0 aliphatic carbocycles. The van der Waals surface area contributed by atoms with Crippen LogP contribution in [-0.4, -0.2) is 18.1 Å². The molecule has 0 saturated heterocycles. The summed E-state index contributed by atoms with van der Waals surface area (Å²) in [6.45, 7) is 2.22. The van der Waals surface area contributed by atoms with Gasteiger partial charge in [-0.3, -0.25) is 4.55 Å². The third kappa shape index (κ3) is 8.00. The number of para-hydroxylation sites is 1. The molecule has 0 saturated carbocycles. The van der Waals surface area contributed by atoms with Gasteiger partial charge in [0.25, 0.3) is 10.1 Å². The predicted octanol–water partition coefficient (Wildman–Crippen LogP) is 6.89. The first-order valence-corrected chi connectivity index (χ1v) is 12.4. The van der Waals surface area contributed by atoms with Crippen molar-refractivity contribution in [2.45, 2.75) is 82.4 Å². The van der Waals surface area contributed by atoms with Crippen LogP contribution in [0.25, 0.3) is 0 Å². The highest BCUT2D eigenvalue weighted by Gasteiger charge is 2.21. The Morgan fingerprint density at radius 1 is 0.800 bits per heavy atom. The summed E-state index contributed by atoms with van der Waals surface area (Å²) in [5, 5.41) is 10.5. The number of rotatable bonds is 14. The minimum atomic E-state index is -4.50. The van der Waals surface area contributed by atoms with Gasteiger partial charge in [-0.2, -0.15) is 8.42 Å². The van der Waals surface area contributed by atoms with Crippen molar-refractivity contribution < 1.29 is 22.8 Å². The molecule has 2 N–H and O–H groups in total. The Bertz CT molecular complexity index is 863. The molecule has 0 radical (unpaired) electrons. The van der Waals surface area contributed by atoms with Crippen LogP contribution in [0.1, 0.15) is 76.7 Å². The van der Waals surface area contributed by atoms with E-state index < -0.39 is 20.8 Å². The van der Waals surface area contributed by atoms with E-state index in [9.17, 15) is 18.1 Å². The first-order valence-electron chi connectivity index (χ1n) is 11.0. The lowest BCUT2D eigenvalue weighted by molar-refractivity contribution is 0.421. The molecule has 5 nitrogen and oxygen atoms in total. The maximum atomic E-state index is 11.6. The van der Waals surface area contributed by atoms with Crippen LogP contribution in [0.4, 0.5) is 0 Å². The maximum Gasteiger partial charge on any atom is 0.298 e. The van der Waals surface area contributed by atoms with E-state index in [4.69, 9.17) is 4.74 Å². The van der Waals surface area contributed by atoms with Gasteiger partial charge in [-0.1, -0.05) is 82.9 Å². The van der Waals surface area contributed by atoms with E-state index in [1.165, 1.54) is 57.1 Å². The van der Waals surface area contributed by atoms with Gasteiger partial charge in [0, 0.05) is 5.56 Å². The molecule has 2 aromatic carbocycles. The normalized spacial score (nSPS) is 11.5. The molecule has 0 bridgehead atoms. The summed E-state index contributed by atoms with van der Waals surface area (Å²) in [4.78, 5) is -0.481. The third-order valence-corrected chi connectivity index (χ3v) is 6.12. The van der Waals surface area contributed by atoms with Crippen molar-refractivity contribution in [1.29, 1.82) is 0 Å². The molecular formula is C24H34O5S. The number of phenols is 1.